The third-order valence-electron chi connectivity index (χ3n) is 7.33. The van der Waals surface area contributed by atoms with Gasteiger partial charge in [-0.1, -0.05) is 27.7 Å². The molecule has 0 spiro atoms. The number of rotatable bonds is 4. The van der Waals surface area contributed by atoms with Crippen LogP contribution in [0.3, 0.4) is 0 Å². The standard InChI is InChI=1S/C20H32O4/c1-13(2)5-20(9-16(20,3)4)15(21)24-19-8-14-6-17(22,11-19)10-18(23,7-14)12-19/h13-14,22-23H,5-12H2,1-4H3. The van der Waals surface area contributed by atoms with E-state index in [1.807, 2.05) is 0 Å². The average Bonchev–Trinajstić information content (AvgIpc) is 2.85. The first kappa shape index (κ1) is 16.8. The monoisotopic (exact) mass is 336 g/mol. The van der Waals surface area contributed by atoms with Crippen LogP contribution in [0.15, 0.2) is 0 Å². The summed E-state index contributed by atoms with van der Waals surface area (Å²) in [5.74, 6) is 0.636. The Hall–Kier alpha value is -0.610. The fourth-order valence-corrected chi connectivity index (χ4v) is 6.85. The second-order valence-electron chi connectivity index (χ2n) is 10.8. The number of carbonyl (C=O) groups is 1. The van der Waals surface area contributed by atoms with Crippen LogP contribution in [0.1, 0.15) is 79.1 Å². The summed E-state index contributed by atoms with van der Waals surface area (Å²) in [4.78, 5) is 13.2. The molecule has 4 heteroatoms. The van der Waals surface area contributed by atoms with Crippen LogP contribution in [-0.4, -0.2) is 33.0 Å². The number of ether oxygens (including phenoxy) is 1. The van der Waals surface area contributed by atoms with Gasteiger partial charge in [-0.25, -0.2) is 0 Å². The van der Waals surface area contributed by atoms with Crippen LogP contribution < -0.4 is 0 Å². The van der Waals surface area contributed by atoms with Crippen LogP contribution in [0, 0.1) is 22.7 Å². The Balaban J connectivity index is 1.58. The van der Waals surface area contributed by atoms with Gasteiger partial charge in [0.05, 0.1) is 16.6 Å². The third kappa shape index (κ3) is 2.36. The van der Waals surface area contributed by atoms with E-state index in [2.05, 4.69) is 27.7 Å². The Labute approximate surface area is 145 Å². The van der Waals surface area contributed by atoms with E-state index in [0.29, 0.717) is 25.2 Å². The second kappa shape index (κ2) is 4.56. The molecule has 0 radical (unpaired) electrons. The average molecular weight is 336 g/mol. The lowest BCUT2D eigenvalue weighted by molar-refractivity contribution is -0.263. The molecule has 0 amide bonds. The molecule has 24 heavy (non-hydrogen) atoms. The molecule has 5 fully saturated rings. The Bertz CT molecular complexity index is 562. The maximum Gasteiger partial charge on any atom is 0.313 e. The molecule has 0 aromatic rings. The number of esters is 1. The molecule has 4 bridgehead atoms. The Morgan fingerprint density at radius 2 is 1.58 bits per heavy atom. The van der Waals surface area contributed by atoms with Crippen molar-refractivity contribution < 1.29 is 19.7 Å². The molecule has 5 rings (SSSR count). The highest BCUT2D eigenvalue weighted by Gasteiger charge is 2.70. The normalized spacial score (nSPS) is 51.0. The van der Waals surface area contributed by atoms with Crippen LogP contribution in [-0.2, 0) is 9.53 Å². The van der Waals surface area contributed by atoms with Gasteiger partial charge in [0.25, 0.3) is 0 Å². The zero-order valence-electron chi connectivity index (χ0n) is 15.5. The van der Waals surface area contributed by atoms with E-state index in [0.717, 1.165) is 32.1 Å². The van der Waals surface area contributed by atoms with Gasteiger partial charge >= 0.3 is 5.97 Å². The SMILES string of the molecule is CC(C)CC1(C(=O)OC23CC4CC(O)(CC(O)(C4)C2)C3)CC1(C)C. The summed E-state index contributed by atoms with van der Waals surface area (Å²) in [7, 11) is 0. The minimum atomic E-state index is -0.848. The molecule has 3 atom stereocenters. The van der Waals surface area contributed by atoms with Crippen LogP contribution in [0.5, 0.6) is 0 Å². The van der Waals surface area contributed by atoms with Gasteiger partial charge in [-0.15, -0.1) is 0 Å². The molecule has 5 saturated carbocycles. The second-order valence-corrected chi connectivity index (χ2v) is 10.8. The highest BCUT2D eigenvalue weighted by Crippen LogP contribution is 2.68. The van der Waals surface area contributed by atoms with E-state index < -0.39 is 16.8 Å². The minimum absolute atomic E-state index is 0.00947. The van der Waals surface area contributed by atoms with E-state index in [1.54, 1.807) is 0 Å². The summed E-state index contributed by atoms with van der Waals surface area (Å²) in [5, 5.41) is 21.7. The molecule has 0 aromatic carbocycles. The molecule has 0 aliphatic heterocycles. The predicted octanol–water partition coefficient (Wildman–Crippen LogP) is 3.19. The minimum Gasteiger partial charge on any atom is -0.458 e. The molecule has 0 heterocycles. The lowest BCUT2D eigenvalue weighted by atomic mass is 9.50. The van der Waals surface area contributed by atoms with Gasteiger partial charge in [0, 0.05) is 19.3 Å². The molecule has 2 N–H and O–H groups in total. The fraction of sp³-hybridized carbons (Fsp3) is 0.950. The molecule has 5 aliphatic carbocycles. The quantitative estimate of drug-likeness (QED) is 0.774. The molecule has 3 unspecified atom stereocenters. The topological polar surface area (TPSA) is 66.8 Å². The van der Waals surface area contributed by atoms with Crippen molar-refractivity contribution in [3.63, 3.8) is 0 Å². The van der Waals surface area contributed by atoms with Crippen LogP contribution in [0.2, 0.25) is 0 Å². The zero-order valence-corrected chi connectivity index (χ0v) is 15.5. The van der Waals surface area contributed by atoms with Crippen molar-refractivity contribution in [3.05, 3.63) is 0 Å². The Kier molecular flexibility index (Phi) is 3.20. The maximum absolute atomic E-state index is 13.2. The van der Waals surface area contributed by atoms with Gasteiger partial charge in [0.2, 0.25) is 0 Å². The lowest BCUT2D eigenvalue weighted by Gasteiger charge is -2.62. The van der Waals surface area contributed by atoms with Crippen molar-refractivity contribution in [1.82, 2.24) is 0 Å². The molecular weight excluding hydrogens is 304 g/mol. The van der Waals surface area contributed by atoms with Gasteiger partial charge in [0.15, 0.2) is 0 Å². The number of aliphatic hydroxyl groups is 2. The molecule has 4 nitrogen and oxygen atoms in total. The molecule has 0 aromatic heterocycles. The van der Waals surface area contributed by atoms with Crippen molar-refractivity contribution in [1.29, 1.82) is 0 Å². The van der Waals surface area contributed by atoms with Crippen LogP contribution in [0.4, 0.5) is 0 Å². The van der Waals surface area contributed by atoms with Crippen molar-refractivity contribution in [2.75, 3.05) is 0 Å². The lowest BCUT2D eigenvalue weighted by Crippen LogP contribution is -2.67. The smallest absolute Gasteiger partial charge is 0.313 e. The third-order valence-corrected chi connectivity index (χ3v) is 7.33. The summed E-state index contributed by atoms with van der Waals surface area (Å²) in [6.45, 7) is 8.61. The number of carbonyl (C=O) groups excluding carboxylic acids is 1. The molecule has 0 saturated heterocycles. The van der Waals surface area contributed by atoms with Crippen LogP contribution >= 0.6 is 0 Å². The van der Waals surface area contributed by atoms with Crippen molar-refractivity contribution in [2.24, 2.45) is 22.7 Å². The largest absolute Gasteiger partial charge is 0.458 e. The van der Waals surface area contributed by atoms with Gasteiger partial charge < -0.3 is 14.9 Å². The highest BCUT2D eigenvalue weighted by molar-refractivity contribution is 5.82. The van der Waals surface area contributed by atoms with Crippen molar-refractivity contribution in [2.45, 2.75) is 95.9 Å². The van der Waals surface area contributed by atoms with Gasteiger partial charge in [-0.3, -0.25) is 4.79 Å². The van der Waals surface area contributed by atoms with E-state index in [9.17, 15) is 15.0 Å². The summed E-state index contributed by atoms with van der Waals surface area (Å²) in [5.41, 5.74) is -2.74. The summed E-state index contributed by atoms with van der Waals surface area (Å²) >= 11 is 0. The zero-order chi connectivity index (χ0) is 17.6. The van der Waals surface area contributed by atoms with Gasteiger partial charge in [0.1, 0.15) is 5.60 Å². The summed E-state index contributed by atoms with van der Waals surface area (Å²) in [6.07, 6.45) is 5.48. The van der Waals surface area contributed by atoms with E-state index in [1.165, 1.54) is 0 Å². The maximum atomic E-state index is 13.2. The Morgan fingerprint density at radius 1 is 1.04 bits per heavy atom. The number of hydrogen-bond donors (Lipinski definition) is 2. The first-order valence-corrected chi connectivity index (χ1v) is 9.59. The predicted molar refractivity (Wildman–Crippen MR) is 90.2 cm³/mol. The summed E-state index contributed by atoms with van der Waals surface area (Å²) < 4.78 is 6.19. The first-order valence-electron chi connectivity index (χ1n) is 9.59. The van der Waals surface area contributed by atoms with E-state index in [-0.39, 0.29) is 22.7 Å². The first-order chi connectivity index (χ1) is 10.9. The van der Waals surface area contributed by atoms with Crippen molar-refractivity contribution >= 4 is 5.97 Å². The Morgan fingerprint density at radius 3 is 2.00 bits per heavy atom. The van der Waals surface area contributed by atoms with Gasteiger partial charge in [-0.2, -0.15) is 0 Å². The van der Waals surface area contributed by atoms with Crippen molar-refractivity contribution in [3.8, 4) is 0 Å². The molecule has 5 aliphatic rings. The summed E-state index contributed by atoms with van der Waals surface area (Å²) in [6, 6.07) is 0. The highest BCUT2D eigenvalue weighted by atomic mass is 16.6. The fourth-order valence-electron chi connectivity index (χ4n) is 6.85. The van der Waals surface area contributed by atoms with Gasteiger partial charge in [-0.05, 0) is 49.4 Å². The van der Waals surface area contributed by atoms with E-state index in [4.69, 9.17) is 4.74 Å². The molecular formula is C20H32O4. The van der Waals surface area contributed by atoms with E-state index >= 15 is 0 Å². The molecule has 136 valence electrons. The van der Waals surface area contributed by atoms with Crippen LogP contribution in [0.25, 0.3) is 0 Å². The number of hydrogen-bond acceptors (Lipinski definition) is 4.